The minimum absolute atomic E-state index is 0.146. The lowest BCUT2D eigenvalue weighted by Crippen LogP contribution is -2.66. The average molecular weight is 464 g/mol. The largest absolute Gasteiger partial charge is 0.379 e. The van der Waals surface area contributed by atoms with Crippen LogP contribution in [0.3, 0.4) is 0 Å². The molecule has 1 aromatic rings. The number of anilines is 1. The van der Waals surface area contributed by atoms with Gasteiger partial charge in [-0.1, -0.05) is 16.9 Å². The summed E-state index contributed by atoms with van der Waals surface area (Å²) in [5.74, 6) is 0.516. The summed E-state index contributed by atoms with van der Waals surface area (Å²) in [5.41, 5.74) is 2.66. The maximum atomic E-state index is 5.68. The van der Waals surface area contributed by atoms with E-state index in [9.17, 15) is 0 Å². The van der Waals surface area contributed by atoms with Gasteiger partial charge >= 0.3 is 0 Å². The number of hydrogen-bond donors (Lipinski definition) is 0. The van der Waals surface area contributed by atoms with Crippen molar-refractivity contribution in [3.63, 3.8) is 0 Å². The highest BCUT2D eigenvalue weighted by Crippen LogP contribution is 2.54. The molecular formula is C20H25IN4O. The Balaban J connectivity index is 1.61. The van der Waals surface area contributed by atoms with Crippen LogP contribution in [0, 0.1) is 9.49 Å². The molecule has 5 nitrogen and oxygen atoms in total. The first-order valence-corrected chi connectivity index (χ1v) is 10.9. The van der Waals surface area contributed by atoms with Crippen LogP contribution in [0.25, 0.3) is 0 Å². The molecule has 0 aromatic heterocycles. The van der Waals surface area contributed by atoms with Gasteiger partial charge < -0.3 is 4.74 Å². The molecule has 2 heterocycles. The summed E-state index contributed by atoms with van der Waals surface area (Å²) in [7, 11) is 0. The van der Waals surface area contributed by atoms with Crippen LogP contribution >= 0.6 is 22.6 Å². The number of nitrogens with zero attached hydrogens (tertiary/aromatic N) is 4. The molecule has 0 radical (unpaired) electrons. The first-order valence-electron chi connectivity index (χ1n) is 9.78. The van der Waals surface area contributed by atoms with Crippen LogP contribution in [0.2, 0.25) is 0 Å². The van der Waals surface area contributed by atoms with Crippen molar-refractivity contribution in [1.29, 1.82) is 0 Å². The van der Waals surface area contributed by atoms with Crippen molar-refractivity contribution in [3.8, 4) is 0 Å². The van der Waals surface area contributed by atoms with Gasteiger partial charge in [-0.3, -0.25) is 4.90 Å². The van der Waals surface area contributed by atoms with Crippen molar-refractivity contribution < 1.29 is 4.74 Å². The Bertz CT molecular complexity index is 728. The number of morpholine rings is 1. The molecule has 138 valence electrons. The molecule has 5 rings (SSSR count). The van der Waals surface area contributed by atoms with E-state index in [1.165, 1.54) is 29.3 Å². The Kier molecular flexibility index (Phi) is 4.53. The van der Waals surface area contributed by atoms with E-state index in [4.69, 9.17) is 15.1 Å². The molecule has 2 aliphatic carbocycles. The SMILES string of the molecule is Ic1ccc(N2N=NC3CCC(C4=CCCC4)C32N2CCOCC2)cc1. The number of benzene rings is 1. The van der Waals surface area contributed by atoms with Crippen molar-refractivity contribution in [2.45, 2.75) is 43.8 Å². The van der Waals surface area contributed by atoms with E-state index < -0.39 is 0 Å². The lowest BCUT2D eigenvalue weighted by atomic mass is 9.84. The number of ether oxygens (including phenoxy) is 1. The lowest BCUT2D eigenvalue weighted by molar-refractivity contribution is -0.0340. The Morgan fingerprint density at radius 3 is 2.65 bits per heavy atom. The highest BCUT2D eigenvalue weighted by Gasteiger charge is 2.62. The number of hydrogen-bond acceptors (Lipinski definition) is 5. The third kappa shape index (κ3) is 2.56. The van der Waals surface area contributed by atoms with Crippen molar-refractivity contribution in [2.75, 3.05) is 31.3 Å². The summed E-state index contributed by atoms with van der Waals surface area (Å²) in [5, 5.41) is 11.8. The van der Waals surface area contributed by atoms with Gasteiger partial charge in [-0.05, 0) is 79.0 Å². The average Bonchev–Trinajstić information content (AvgIpc) is 3.39. The van der Waals surface area contributed by atoms with Crippen molar-refractivity contribution in [2.24, 2.45) is 16.3 Å². The van der Waals surface area contributed by atoms with Gasteiger partial charge in [-0.2, -0.15) is 5.11 Å². The molecule has 1 saturated carbocycles. The number of halogens is 1. The second-order valence-electron chi connectivity index (χ2n) is 7.69. The highest BCUT2D eigenvalue weighted by atomic mass is 127. The summed E-state index contributed by atoms with van der Waals surface area (Å²) in [4.78, 5) is 2.63. The molecule has 0 amide bonds. The third-order valence-electron chi connectivity index (χ3n) is 6.46. The molecule has 3 atom stereocenters. The predicted octanol–water partition coefficient (Wildman–Crippen LogP) is 4.40. The fourth-order valence-electron chi connectivity index (χ4n) is 5.40. The van der Waals surface area contributed by atoms with Crippen molar-refractivity contribution in [3.05, 3.63) is 39.5 Å². The summed E-state index contributed by atoms with van der Waals surface area (Å²) >= 11 is 2.36. The van der Waals surface area contributed by atoms with Crippen LogP contribution in [-0.2, 0) is 4.74 Å². The molecule has 3 unspecified atom stereocenters. The Labute approximate surface area is 168 Å². The highest BCUT2D eigenvalue weighted by molar-refractivity contribution is 14.1. The van der Waals surface area contributed by atoms with E-state index in [-0.39, 0.29) is 11.7 Å². The molecular weight excluding hydrogens is 439 g/mol. The Morgan fingerprint density at radius 2 is 1.92 bits per heavy atom. The molecule has 0 spiro atoms. The normalized spacial score (nSPS) is 34.3. The molecule has 1 aromatic carbocycles. The van der Waals surface area contributed by atoms with Crippen molar-refractivity contribution in [1.82, 2.24) is 4.90 Å². The molecule has 26 heavy (non-hydrogen) atoms. The maximum Gasteiger partial charge on any atom is 0.148 e. The number of fused-ring (bicyclic) bond motifs is 1. The van der Waals surface area contributed by atoms with E-state index in [0.29, 0.717) is 5.92 Å². The maximum absolute atomic E-state index is 5.68. The molecule has 0 bridgehead atoms. The minimum Gasteiger partial charge on any atom is -0.379 e. The van der Waals surface area contributed by atoms with E-state index >= 15 is 0 Å². The van der Waals surface area contributed by atoms with Crippen LogP contribution in [0.5, 0.6) is 0 Å². The minimum atomic E-state index is -0.146. The Hall–Kier alpha value is -0.990. The van der Waals surface area contributed by atoms with Gasteiger partial charge in [0.05, 0.1) is 18.9 Å². The van der Waals surface area contributed by atoms with Crippen LogP contribution in [0.1, 0.15) is 32.1 Å². The van der Waals surface area contributed by atoms with E-state index in [0.717, 1.165) is 38.4 Å². The molecule has 2 aliphatic heterocycles. The van der Waals surface area contributed by atoms with Gasteiger partial charge in [0, 0.05) is 22.6 Å². The number of rotatable bonds is 3. The van der Waals surface area contributed by atoms with E-state index in [1.807, 2.05) is 0 Å². The topological polar surface area (TPSA) is 40.4 Å². The van der Waals surface area contributed by atoms with Crippen LogP contribution < -0.4 is 5.01 Å². The zero-order valence-electron chi connectivity index (χ0n) is 15.0. The van der Waals surface area contributed by atoms with Gasteiger partial charge in [0.2, 0.25) is 0 Å². The zero-order valence-corrected chi connectivity index (χ0v) is 17.1. The summed E-state index contributed by atoms with van der Waals surface area (Å²) in [6.07, 6.45) is 8.61. The second-order valence-corrected chi connectivity index (χ2v) is 8.94. The molecule has 1 saturated heterocycles. The van der Waals surface area contributed by atoms with E-state index in [1.54, 1.807) is 5.57 Å². The molecule has 2 fully saturated rings. The quantitative estimate of drug-likeness (QED) is 0.492. The molecule has 6 heteroatoms. The lowest BCUT2D eigenvalue weighted by Gasteiger charge is -2.50. The fraction of sp³-hybridized carbons (Fsp3) is 0.600. The van der Waals surface area contributed by atoms with Crippen molar-refractivity contribution >= 4 is 28.3 Å². The van der Waals surface area contributed by atoms with Gasteiger partial charge in [-0.15, -0.1) is 0 Å². The van der Waals surface area contributed by atoms with E-state index in [2.05, 4.69) is 62.8 Å². The summed E-state index contributed by atoms with van der Waals surface area (Å²) < 4.78 is 6.94. The fourth-order valence-corrected chi connectivity index (χ4v) is 5.76. The second kappa shape index (κ2) is 6.87. The Morgan fingerprint density at radius 1 is 1.12 bits per heavy atom. The third-order valence-corrected chi connectivity index (χ3v) is 7.18. The van der Waals surface area contributed by atoms with Crippen LogP contribution in [-0.4, -0.2) is 42.9 Å². The smallest absolute Gasteiger partial charge is 0.148 e. The molecule has 0 N–H and O–H groups in total. The van der Waals surface area contributed by atoms with Gasteiger partial charge in [0.15, 0.2) is 0 Å². The number of allylic oxidation sites excluding steroid dienone is 1. The first-order chi connectivity index (χ1) is 12.8. The summed E-state index contributed by atoms with van der Waals surface area (Å²) in [6, 6.07) is 8.99. The van der Waals surface area contributed by atoms with Gasteiger partial charge in [0.25, 0.3) is 0 Å². The van der Waals surface area contributed by atoms with Gasteiger partial charge in [-0.25, -0.2) is 5.01 Å². The van der Waals surface area contributed by atoms with Crippen LogP contribution in [0.15, 0.2) is 46.3 Å². The predicted molar refractivity (Wildman–Crippen MR) is 110 cm³/mol. The van der Waals surface area contributed by atoms with Gasteiger partial charge in [0.1, 0.15) is 11.7 Å². The molecule has 4 aliphatic rings. The summed E-state index contributed by atoms with van der Waals surface area (Å²) in [6.45, 7) is 3.54. The standard InChI is InChI=1S/C20H25IN4O/c21-16-5-7-17(8-6-16)25-20(24-11-13-26-14-12-24)18(15-3-1-2-4-15)9-10-19(20)22-23-25/h3,5-8,18-19H,1-2,4,9-14H2. The first kappa shape index (κ1) is 17.1. The zero-order chi connectivity index (χ0) is 17.6. The van der Waals surface area contributed by atoms with Crippen LogP contribution in [0.4, 0.5) is 5.69 Å². The monoisotopic (exact) mass is 464 g/mol.